The van der Waals surface area contributed by atoms with E-state index in [0.717, 1.165) is 19.3 Å². The van der Waals surface area contributed by atoms with Crippen LogP contribution in [-0.2, 0) is 0 Å². The molecule has 0 unspecified atom stereocenters. The van der Waals surface area contributed by atoms with E-state index in [1.54, 1.807) is 0 Å². The van der Waals surface area contributed by atoms with E-state index < -0.39 is 5.92 Å². The maximum absolute atomic E-state index is 12.7. The zero-order valence-electron chi connectivity index (χ0n) is 7.78. The molecular weight excluding hydrogens is 158 g/mol. The molecule has 0 bridgehead atoms. The number of rotatable bonds is 3. The minimum atomic E-state index is -2.34. The zero-order valence-corrected chi connectivity index (χ0v) is 7.78. The fraction of sp³-hybridized carbons (Fsp3) is 1.00. The van der Waals surface area contributed by atoms with Crippen LogP contribution in [0.15, 0.2) is 0 Å². The molecule has 1 rings (SSSR count). The van der Waals surface area contributed by atoms with E-state index in [1.165, 1.54) is 12.8 Å². The molecule has 1 saturated carbocycles. The Morgan fingerprint density at radius 1 is 1.25 bits per heavy atom. The molecule has 0 aliphatic heterocycles. The Balaban J connectivity index is 2.18. The first-order chi connectivity index (χ1) is 5.64. The van der Waals surface area contributed by atoms with Crippen LogP contribution >= 0.6 is 0 Å². The lowest BCUT2D eigenvalue weighted by Crippen LogP contribution is -2.24. The van der Waals surface area contributed by atoms with E-state index in [-0.39, 0.29) is 12.8 Å². The second kappa shape index (κ2) is 4.20. The molecule has 2 heteroatoms. The molecule has 12 heavy (non-hydrogen) atoms. The first kappa shape index (κ1) is 9.94. The van der Waals surface area contributed by atoms with E-state index in [4.69, 9.17) is 0 Å². The summed E-state index contributed by atoms with van der Waals surface area (Å²) in [7, 11) is 0. The van der Waals surface area contributed by atoms with Crippen LogP contribution in [0.3, 0.4) is 0 Å². The fourth-order valence-electron chi connectivity index (χ4n) is 1.88. The maximum atomic E-state index is 12.7. The SMILES string of the molecule is CCCCC1CCC(F)(F)CC1. The van der Waals surface area contributed by atoms with Gasteiger partial charge in [-0.2, -0.15) is 0 Å². The zero-order chi connectivity index (χ0) is 9.03. The molecule has 1 fully saturated rings. The second-order valence-corrected chi connectivity index (χ2v) is 3.94. The third-order valence-electron chi connectivity index (χ3n) is 2.80. The Labute approximate surface area is 73.3 Å². The highest BCUT2D eigenvalue weighted by Crippen LogP contribution is 2.37. The summed E-state index contributed by atoms with van der Waals surface area (Å²) in [5.41, 5.74) is 0. The topological polar surface area (TPSA) is 0 Å². The van der Waals surface area contributed by atoms with Crippen LogP contribution in [0.25, 0.3) is 0 Å². The van der Waals surface area contributed by atoms with Crippen LogP contribution in [0, 0.1) is 5.92 Å². The molecule has 0 aromatic heterocycles. The third-order valence-corrected chi connectivity index (χ3v) is 2.80. The van der Waals surface area contributed by atoms with Crippen molar-refractivity contribution < 1.29 is 8.78 Å². The van der Waals surface area contributed by atoms with Gasteiger partial charge in [0.2, 0.25) is 5.92 Å². The van der Waals surface area contributed by atoms with Crippen LogP contribution < -0.4 is 0 Å². The molecule has 0 heterocycles. The van der Waals surface area contributed by atoms with Crippen LogP contribution in [0.5, 0.6) is 0 Å². The van der Waals surface area contributed by atoms with Crippen molar-refractivity contribution >= 4 is 0 Å². The lowest BCUT2D eigenvalue weighted by atomic mass is 9.84. The normalized spacial score (nSPS) is 24.2. The monoisotopic (exact) mass is 176 g/mol. The van der Waals surface area contributed by atoms with Gasteiger partial charge in [0.05, 0.1) is 0 Å². The summed E-state index contributed by atoms with van der Waals surface area (Å²) in [5, 5.41) is 0. The van der Waals surface area contributed by atoms with Crippen LogP contribution in [0.1, 0.15) is 51.9 Å². The van der Waals surface area contributed by atoms with Gasteiger partial charge in [0.15, 0.2) is 0 Å². The second-order valence-electron chi connectivity index (χ2n) is 3.94. The number of alkyl halides is 2. The van der Waals surface area contributed by atoms with Crippen molar-refractivity contribution in [2.24, 2.45) is 5.92 Å². The molecule has 0 N–H and O–H groups in total. The van der Waals surface area contributed by atoms with Crippen LogP contribution in [-0.4, -0.2) is 5.92 Å². The van der Waals surface area contributed by atoms with Crippen LogP contribution in [0.2, 0.25) is 0 Å². The lowest BCUT2D eigenvalue weighted by Gasteiger charge is -2.28. The molecule has 72 valence electrons. The van der Waals surface area contributed by atoms with Crippen molar-refractivity contribution in [3.63, 3.8) is 0 Å². The van der Waals surface area contributed by atoms with E-state index in [1.807, 2.05) is 0 Å². The van der Waals surface area contributed by atoms with E-state index in [9.17, 15) is 8.78 Å². The highest BCUT2D eigenvalue weighted by atomic mass is 19.3. The van der Waals surface area contributed by atoms with Gasteiger partial charge in [-0.1, -0.05) is 26.2 Å². The molecule has 0 saturated heterocycles. The molecule has 1 aliphatic carbocycles. The van der Waals surface area contributed by atoms with Gasteiger partial charge in [-0.25, -0.2) is 8.78 Å². The van der Waals surface area contributed by atoms with Gasteiger partial charge in [0, 0.05) is 12.8 Å². The fourth-order valence-corrected chi connectivity index (χ4v) is 1.88. The summed E-state index contributed by atoms with van der Waals surface area (Å²) in [6.07, 6.45) is 5.29. The Morgan fingerprint density at radius 3 is 2.33 bits per heavy atom. The van der Waals surface area contributed by atoms with Gasteiger partial charge in [-0.05, 0) is 18.8 Å². The Hall–Kier alpha value is -0.140. The quantitative estimate of drug-likeness (QED) is 0.609. The lowest BCUT2D eigenvalue weighted by molar-refractivity contribution is -0.0466. The molecule has 0 atom stereocenters. The summed E-state index contributed by atoms with van der Waals surface area (Å²) >= 11 is 0. The van der Waals surface area contributed by atoms with Crippen molar-refractivity contribution in [3.8, 4) is 0 Å². The minimum Gasteiger partial charge on any atom is -0.207 e. The van der Waals surface area contributed by atoms with Crippen molar-refractivity contribution in [3.05, 3.63) is 0 Å². The molecule has 1 aliphatic rings. The number of halogens is 2. The van der Waals surface area contributed by atoms with Crippen molar-refractivity contribution in [2.45, 2.75) is 57.8 Å². The number of hydrogen-bond donors (Lipinski definition) is 0. The molecule has 0 nitrogen and oxygen atoms in total. The average molecular weight is 176 g/mol. The summed E-state index contributed by atoms with van der Waals surface area (Å²) in [6, 6.07) is 0. The van der Waals surface area contributed by atoms with E-state index >= 15 is 0 Å². The van der Waals surface area contributed by atoms with Gasteiger partial charge in [-0.15, -0.1) is 0 Å². The van der Waals surface area contributed by atoms with Gasteiger partial charge in [0.1, 0.15) is 0 Å². The first-order valence-electron chi connectivity index (χ1n) is 5.02. The summed E-state index contributed by atoms with van der Waals surface area (Å²) in [5.74, 6) is -1.76. The predicted molar refractivity (Wildman–Crippen MR) is 46.4 cm³/mol. The minimum absolute atomic E-state index is 0.126. The molecule has 0 aromatic carbocycles. The Bertz CT molecular complexity index is 122. The smallest absolute Gasteiger partial charge is 0.207 e. The maximum Gasteiger partial charge on any atom is 0.248 e. The summed E-state index contributed by atoms with van der Waals surface area (Å²) in [4.78, 5) is 0. The van der Waals surface area contributed by atoms with Gasteiger partial charge in [-0.3, -0.25) is 0 Å². The van der Waals surface area contributed by atoms with Crippen molar-refractivity contribution in [2.75, 3.05) is 0 Å². The standard InChI is InChI=1S/C10H18F2/c1-2-3-4-9-5-7-10(11,12)8-6-9/h9H,2-8H2,1H3. The number of hydrogen-bond acceptors (Lipinski definition) is 0. The predicted octanol–water partition coefficient (Wildman–Crippen LogP) is 4.00. The van der Waals surface area contributed by atoms with Gasteiger partial charge >= 0.3 is 0 Å². The Morgan fingerprint density at radius 2 is 1.83 bits per heavy atom. The van der Waals surface area contributed by atoms with E-state index in [0.29, 0.717) is 5.92 Å². The summed E-state index contributed by atoms with van der Waals surface area (Å²) < 4.78 is 25.4. The highest BCUT2D eigenvalue weighted by molar-refractivity contribution is 4.77. The third kappa shape index (κ3) is 3.08. The molecule has 0 amide bonds. The highest BCUT2D eigenvalue weighted by Gasteiger charge is 2.34. The number of unbranched alkanes of at least 4 members (excludes halogenated alkanes) is 1. The van der Waals surface area contributed by atoms with Crippen LogP contribution in [0.4, 0.5) is 8.78 Å². The van der Waals surface area contributed by atoms with Gasteiger partial charge < -0.3 is 0 Å². The van der Waals surface area contributed by atoms with E-state index in [2.05, 4.69) is 6.92 Å². The first-order valence-corrected chi connectivity index (χ1v) is 5.02. The average Bonchev–Trinajstić information content (AvgIpc) is 2.03. The van der Waals surface area contributed by atoms with Gasteiger partial charge in [0.25, 0.3) is 0 Å². The Kier molecular flexibility index (Phi) is 3.48. The largest absolute Gasteiger partial charge is 0.248 e. The van der Waals surface area contributed by atoms with Crippen molar-refractivity contribution in [1.82, 2.24) is 0 Å². The molecular formula is C10H18F2. The molecule has 0 spiro atoms. The molecule has 0 aromatic rings. The summed E-state index contributed by atoms with van der Waals surface area (Å²) in [6.45, 7) is 2.15. The molecule has 0 radical (unpaired) electrons. The van der Waals surface area contributed by atoms with Crippen molar-refractivity contribution in [1.29, 1.82) is 0 Å².